The Hall–Kier alpha value is -1.78. The first-order valence-electron chi connectivity index (χ1n) is 7.08. The second-order valence-electron chi connectivity index (χ2n) is 5.43. The van der Waals surface area contributed by atoms with Gasteiger partial charge in [0.25, 0.3) is 0 Å². The molecule has 110 valence electrons. The van der Waals surface area contributed by atoms with Crippen LogP contribution in [0.2, 0.25) is 0 Å². The number of benzene rings is 2. The molecule has 0 spiro atoms. The van der Waals surface area contributed by atoms with Gasteiger partial charge in [-0.25, -0.2) is 8.78 Å². The van der Waals surface area contributed by atoms with Gasteiger partial charge in [0.05, 0.1) is 0 Å². The zero-order valence-electron chi connectivity index (χ0n) is 11.5. The van der Waals surface area contributed by atoms with E-state index in [-0.39, 0.29) is 17.7 Å². The molecule has 0 saturated carbocycles. The van der Waals surface area contributed by atoms with E-state index in [2.05, 4.69) is 5.32 Å². The lowest BCUT2D eigenvalue weighted by molar-refractivity contribution is 0.0441. The number of halogens is 2. The SMILES string of the molecule is OC(c1ccc(F)cc1)(c1ccc(F)cc1)[C@H]1CCCN1. The smallest absolute Gasteiger partial charge is 0.130 e. The van der Waals surface area contributed by atoms with Gasteiger partial charge in [0.1, 0.15) is 17.2 Å². The molecule has 21 heavy (non-hydrogen) atoms. The summed E-state index contributed by atoms with van der Waals surface area (Å²) in [6, 6.07) is 11.5. The quantitative estimate of drug-likeness (QED) is 0.910. The van der Waals surface area contributed by atoms with Crippen LogP contribution in [0.25, 0.3) is 0 Å². The van der Waals surface area contributed by atoms with Gasteiger partial charge in [-0.2, -0.15) is 0 Å². The Morgan fingerprint density at radius 3 is 1.76 bits per heavy atom. The number of hydrogen-bond donors (Lipinski definition) is 2. The number of nitrogens with one attached hydrogen (secondary N) is 1. The lowest BCUT2D eigenvalue weighted by atomic mass is 9.79. The van der Waals surface area contributed by atoms with Gasteiger partial charge in [0.15, 0.2) is 0 Å². The minimum atomic E-state index is -1.29. The number of aliphatic hydroxyl groups is 1. The molecular weight excluding hydrogens is 272 g/mol. The monoisotopic (exact) mass is 289 g/mol. The van der Waals surface area contributed by atoms with Crippen molar-refractivity contribution in [3.05, 3.63) is 71.3 Å². The summed E-state index contributed by atoms with van der Waals surface area (Å²) < 4.78 is 26.3. The molecule has 0 aliphatic carbocycles. The van der Waals surface area contributed by atoms with Gasteiger partial charge in [-0.3, -0.25) is 0 Å². The van der Waals surface area contributed by atoms with Crippen LogP contribution in [0, 0.1) is 11.6 Å². The van der Waals surface area contributed by atoms with E-state index in [0.717, 1.165) is 19.4 Å². The molecule has 2 nitrogen and oxygen atoms in total. The molecule has 0 unspecified atom stereocenters. The summed E-state index contributed by atoms with van der Waals surface area (Å²) in [5.74, 6) is -0.695. The molecule has 1 atom stereocenters. The summed E-state index contributed by atoms with van der Waals surface area (Å²) in [5, 5.41) is 14.6. The van der Waals surface area contributed by atoms with Gasteiger partial charge in [-0.15, -0.1) is 0 Å². The van der Waals surface area contributed by atoms with Crippen molar-refractivity contribution < 1.29 is 13.9 Å². The highest BCUT2D eigenvalue weighted by Gasteiger charge is 2.41. The molecule has 0 radical (unpaired) electrons. The molecule has 0 amide bonds. The molecule has 4 heteroatoms. The van der Waals surface area contributed by atoms with E-state index in [0.29, 0.717) is 11.1 Å². The molecule has 1 aliphatic heterocycles. The lowest BCUT2D eigenvalue weighted by Crippen LogP contribution is -2.46. The molecule has 2 aromatic rings. The van der Waals surface area contributed by atoms with Crippen LogP contribution < -0.4 is 5.32 Å². The first-order valence-corrected chi connectivity index (χ1v) is 7.08. The third-order valence-corrected chi connectivity index (χ3v) is 4.13. The Labute approximate surface area is 122 Å². The fourth-order valence-corrected chi connectivity index (χ4v) is 3.02. The topological polar surface area (TPSA) is 32.3 Å². The Balaban J connectivity index is 2.09. The maximum atomic E-state index is 13.2. The van der Waals surface area contributed by atoms with Crippen molar-refractivity contribution in [2.75, 3.05) is 6.54 Å². The van der Waals surface area contributed by atoms with Crippen LogP contribution >= 0.6 is 0 Å². The highest BCUT2D eigenvalue weighted by atomic mass is 19.1. The molecule has 3 rings (SSSR count). The van der Waals surface area contributed by atoms with Gasteiger partial charge in [-0.1, -0.05) is 24.3 Å². The maximum Gasteiger partial charge on any atom is 0.130 e. The second-order valence-corrected chi connectivity index (χ2v) is 5.43. The lowest BCUT2D eigenvalue weighted by Gasteiger charge is -2.35. The van der Waals surface area contributed by atoms with Crippen molar-refractivity contribution in [3.8, 4) is 0 Å². The summed E-state index contributed by atoms with van der Waals surface area (Å²) >= 11 is 0. The fraction of sp³-hybridized carbons (Fsp3) is 0.294. The molecular formula is C17H17F2NO. The Kier molecular flexibility index (Phi) is 3.74. The standard InChI is InChI=1S/C17H17F2NO/c18-14-7-3-12(4-8-14)17(21,16-2-1-11-20-16)13-5-9-15(19)10-6-13/h3-10,16,20-21H,1-2,11H2/t16-/m1/s1. The second kappa shape index (κ2) is 5.54. The normalized spacial score (nSPS) is 18.9. The van der Waals surface area contributed by atoms with Gasteiger partial charge in [0, 0.05) is 6.04 Å². The molecule has 1 heterocycles. The predicted octanol–water partition coefficient (Wildman–Crippen LogP) is 2.95. The van der Waals surface area contributed by atoms with E-state index < -0.39 is 5.60 Å². The summed E-state index contributed by atoms with van der Waals surface area (Å²) in [4.78, 5) is 0. The van der Waals surface area contributed by atoms with E-state index in [9.17, 15) is 13.9 Å². The molecule has 1 saturated heterocycles. The van der Waals surface area contributed by atoms with E-state index >= 15 is 0 Å². The first-order chi connectivity index (χ1) is 10.1. The van der Waals surface area contributed by atoms with Crippen molar-refractivity contribution in [1.82, 2.24) is 5.32 Å². The van der Waals surface area contributed by atoms with E-state index in [1.165, 1.54) is 24.3 Å². The summed E-state index contributed by atoms with van der Waals surface area (Å²) in [7, 11) is 0. The minimum Gasteiger partial charge on any atom is -0.379 e. The van der Waals surface area contributed by atoms with Crippen molar-refractivity contribution in [2.45, 2.75) is 24.5 Å². The third kappa shape index (κ3) is 2.57. The van der Waals surface area contributed by atoms with Gasteiger partial charge >= 0.3 is 0 Å². The van der Waals surface area contributed by atoms with Crippen LogP contribution in [0.3, 0.4) is 0 Å². The molecule has 0 bridgehead atoms. The maximum absolute atomic E-state index is 13.2. The van der Waals surface area contributed by atoms with E-state index in [1.54, 1.807) is 24.3 Å². The number of hydrogen-bond acceptors (Lipinski definition) is 2. The molecule has 1 aliphatic rings. The van der Waals surface area contributed by atoms with Gasteiger partial charge in [-0.05, 0) is 54.8 Å². The van der Waals surface area contributed by atoms with Crippen molar-refractivity contribution in [1.29, 1.82) is 0 Å². The average molecular weight is 289 g/mol. The van der Waals surface area contributed by atoms with Crippen LogP contribution in [-0.2, 0) is 5.60 Å². The average Bonchev–Trinajstić information content (AvgIpc) is 3.02. The summed E-state index contributed by atoms with van der Waals surface area (Å²) in [6.45, 7) is 0.829. The zero-order valence-corrected chi connectivity index (χ0v) is 11.5. The predicted molar refractivity (Wildman–Crippen MR) is 76.8 cm³/mol. The van der Waals surface area contributed by atoms with Crippen LogP contribution in [0.4, 0.5) is 8.78 Å². The van der Waals surface area contributed by atoms with Crippen LogP contribution in [0.15, 0.2) is 48.5 Å². The van der Waals surface area contributed by atoms with E-state index in [1.807, 2.05) is 0 Å². The number of rotatable bonds is 3. The molecule has 2 aromatic carbocycles. The van der Waals surface area contributed by atoms with Crippen LogP contribution in [-0.4, -0.2) is 17.7 Å². The summed E-state index contributed by atoms with van der Waals surface area (Å²) in [5.41, 5.74) is -0.0810. The highest BCUT2D eigenvalue weighted by molar-refractivity contribution is 5.38. The molecule has 1 fully saturated rings. The third-order valence-electron chi connectivity index (χ3n) is 4.13. The highest BCUT2D eigenvalue weighted by Crippen LogP contribution is 2.36. The Bertz CT molecular complexity index is 558. The molecule has 0 aromatic heterocycles. The summed E-state index contributed by atoms with van der Waals surface area (Å²) in [6.07, 6.45) is 1.78. The zero-order chi connectivity index (χ0) is 14.9. The van der Waals surface area contributed by atoms with E-state index in [4.69, 9.17) is 0 Å². The first kappa shape index (κ1) is 14.2. The Morgan fingerprint density at radius 2 is 1.38 bits per heavy atom. The van der Waals surface area contributed by atoms with Gasteiger partial charge in [0.2, 0.25) is 0 Å². The minimum absolute atomic E-state index is 0.173. The fourth-order valence-electron chi connectivity index (χ4n) is 3.02. The van der Waals surface area contributed by atoms with Crippen LogP contribution in [0.1, 0.15) is 24.0 Å². The van der Waals surface area contributed by atoms with Crippen molar-refractivity contribution >= 4 is 0 Å². The van der Waals surface area contributed by atoms with Crippen molar-refractivity contribution in [3.63, 3.8) is 0 Å². The van der Waals surface area contributed by atoms with Crippen LogP contribution in [0.5, 0.6) is 0 Å². The van der Waals surface area contributed by atoms with Crippen molar-refractivity contribution in [2.24, 2.45) is 0 Å². The Morgan fingerprint density at radius 1 is 0.905 bits per heavy atom. The van der Waals surface area contributed by atoms with Gasteiger partial charge < -0.3 is 10.4 Å². The largest absolute Gasteiger partial charge is 0.379 e. The molecule has 2 N–H and O–H groups in total.